The first-order valence-corrected chi connectivity index (χ1v) is 5.12. The summed E-state index contributed by atoms with van der Waals surface area (Å²) in [6.07, 6.45) is 3.35. The minimum absolute atomic E-state index is 0.365. The molecule has 0 heterocycles. The number of rotatable bonds is 1. The van der Waals surface area contributed by atoms with Crippen LogP contribution in [0.5, 0.6) is 0 Å². The molecule has 2 N–H and O–H groups in total. The molecule has 1 aliphatic carbocycles. The Morgan fingerprint density at radius 2 is 2.07 bits per heavy atom. The van der Waals surface area contributed by atoms with Gasteiger partial charge in [0.15, 0.2) is 0 Å². The fraction of sp³-hybridized carbons (Fsp3) is 0.417. The molecule has 0 saturated heterocycles. The van der Waals surface area contributed by atoms with Crippen molar-refractivity contribution < 1.29 is 4.79 Å². The van der Waals surface area contributed by atoms with Gasteiger partial charge in [-0.1, -0.05) is 18.2 Å². The van der Waals surface area contributed by atoms with E-state index in [-0.39, 0.29) is 0 Å². The topological polar surface area (TPSA) is 43.1 Å². The first-order valence-electron chi connectivity index (χ1n) is 5.12. The standard InChI is InChI=1S/C12H15NO/c13-8-9-4-5-11-7-12(14)3-1-2-10(11)6-9/h4-6H,1-3,7-8,13H2. The summed E-state index contributed by atoms with van der Waals surface area (Å²) in [5, 5.41) is 0. The molecule has 0 amide bonds. The molecule has 74 valence electrons. The molecule has 2 heteroatoms. The zero-order valence-electron chi connectivity index (χ0n) is 8.25. The van der Waals surface area contributed by atoms with Gasteiger partial charge in [-0.25, -0.2) is 0 Å². The van der Waals surface area contributed by atoms with Crippen LogP contribution in [0, 0.1) is 0 Å². The van der Waals surface area contributed by atoms with Crippen molar-refractivity contribution in [3.05, 3.63) is 34.9 Å². The molecule has 0 atom stereocenters. The van der Waals surface area contributed by atoms with Crippen LogP contribution in [-0.4, -0.2) is 5.78 Å². The van der Waals surface area contributed by atoms with Gasteiger partial charge in [0.2, 0.25) is 0 Å². The Balaban J connectivity index is 2.35. The van der Waals surface area contributed by atoms with Crippen LogP contribution in [-0.2, 0) is 24.2 Å². The summed E-state index contributed by atoms with van der Waals surface area (Å²) in [4.78, 5) is 11.4. The summed E-state index contributed by atoms with van der Waals surface area (Å²) in [6.45, 7) is 0.585. The van der Waals surface area contributed by atoms with E-state index in [0.717, 1.165) is 24.8 Å². The number of ketones is 1. The Kier molecular flexibility index (Phi) is 2.64. The average Bonchev–Trinajstić information content (AvgIpc) is 2.37. The molecule has 1 aromatic rings. The van der Waals surface area contributed by atoms with Gasteiger partial charge in [-0.2, -0.15) is 0 Å². The number of hydrogen-bond donors (Lipinski definition) is 1. The van der Waals surface area contributed by atoms with E-state index in [1.54, 1.807) is 0 Å². The molecule has 0 spiro atoms. The van der Waals surface area contributed by atoms with Crippen LogP contribution in [0.2, 0.25) is 0 Å². The fourth-order valence-electron chi connectivity index (χ4n) is 1.99. The predicted octanol–water partition coefficient (Wildman–Crippen LogP) is 1.59. The van der Waals surface area contributed by atoms with Crippen molar-refractivity contribution in [2.24, 2.45) is 5.73 Å². The molecule has 1 aliphatic rings. The second kappa shape index (κ2) is 3.93. The summed E-state index contributed by atoms with van der Waals surface area (Å²) >= 11 is 0. The predicted molar refractivity (Wildman–Crippen MR) is 56.0 cm³/mol. The molecular formula is C12H15NO. The van der Waals surface area contributed by atoms with Crippen molar-refractivity contribution >= 4 is 5.78 Å². The van der Waals surface area contributed by atoms with Crippen LogP contribution < -0.4 is 5.73 Å². The lowest BCUT2D eigenvalue weighted by Gasteiger charge is -2.06. The van der Waals surface area contributed by atoms with Crippen LogP contribution in [0.15, 0.2) is 18.2 Å². The highest BCUT2D eigenvalue weighted by Gasteiger charge is 2.13. The number of benzene rings is 1. The van der Waals surface area contributed by atoms with Gasteiger partial charge in [0.1, 0.15) is 5.78 Å². The largest absolute Gasteiger partial charge is 0.326 e. The Morgan fingerprint density at radius 3 is 2.86 bits per heavy atom. The highest BCUT2D eigenvalue weighted by atomic mass is 16.1. The van der Waals surface area contributed by atoms with E-state index in [4.69, 9.17) is 5.73 Å². The zero-order valence-corrected chi connectivity index (χ0v) is 8.25. The molecule has 2 nitrogen and oxygen atoms in total. The van der Waals surface area contributed by atoms with Crippen molar-refractivity contribution in [2.75, 3.05) is 0 Å². The van der Waals surface area contributed by atoms with Gasteiger partial charge in [0, 0.05) is 19.4 Å². The first-order chi connectivity index (χ1) is 6.79. The number of nitrogens with two attached hydrogens (primary N) is 1. The number of Topliss-reactive ketones (excluding diaryl/α,β-unsaturated/α-hetero) is 1. The van der Waals surface area contributed by atoms with E-state index in [9.17, 15) is 4.79 Å². The molecule has 0 bridgehead atoms. The Hall–Kier alpha value is -1.15. The third kappa shape index (κ3) is 1.85. The smallest absolute Gasteiger partial charge is 0.137 e. The molecule has 0 radical (unpaired) electrons. The highest BCUT2D eigenvalue weighted by Crippen LogP contribution is 2.19. The maximum Gasteiger partial charge on any atom is 0.137 e. The lowest BCUT2D eigenvalue weighted by molar-refractivity contribution is -0.118. The van der Waals surface area contributed by atoms with Crippen molar-refractivity contribution in [1.29, 1.82) is 0 Å². The van der Waals surface area contributed by atoms with Crippen molar-refractivity contribution in [2.45, 2.75) is 32.2 Å². The number of aryl methyl sites for hydroxylation is 1. The number of carbonyl (C=O) groups excluding carboxylic acids is 1. The van der Waals surface area contributed by atoms with Crippen molar-refractivity contribution in [1.82, 2.24) is 0 Å². The maximum absolute atomic E-state index is 11.4. The zero-order chi connectivity index (χ0) is 9.97. The van der Waals surface area contributed by atoms with Crippen LogP contribution in [0.25, 0.3) is 0 Å². The second-order valence-electron chi connectivity index (χ2n) is 3.88. The van der Waals surface area contributed by atoms with Crippen LogP contribution in [0.4, 0.5) is 0 Å². The summed E-state index contributed by atoms with van der Waals surface area (Å²) in [6, 6.07) is 6.23. The molecule has 0 aliphatic heterocycles. The van der Waals surface area contributed by atoms with Gasteiger partial charge >= 0.3 is 0 Å². The number of fused-ring (bicyclic) bond motifs is 1. The van der Waals surface area contributed by atoms with Crippen molar-refractivity contribution in [3.8, 4) is 0 Å². The maximum atomic E-state index is 11.4. The summed E-state index contributed by atoms with van der Waals surface area (Å²) in [7, 11) is 0. The lowest BCUT2D eigenvalue weighted by atomic mass is 10.00. The SMILES string of the molecule is NCc1ccc2c(c1)CCCC(=O)C2. The van der Waals surface area contributed by atoms with E-state index in [1.165, 1.54) is 11.1 Å². The number of hydrogen-bond acceptors (Lipinski definition) is 2. The van der Waals surface area contributed by atoms with E-state index in [1.807, 2.05) is 6.07 Å². The summed E-state index contributed by atoms with van der Waals surface area (Å²) < 4.78 is 0. The fourth-order valence-corrected chi connectivity index (χ4v) is 1.99. The highest BCUT2D eigenvalue weighted by molar-refractivity contribution is 5.81. The molecule has 2 rings (SSSR count). The molecule has 0 unspecified atom stereocenters. The van der Waals surface area contributed by atoms with E-state index in [2.05, 4.69) is 12.1 Å². The van der Waals surface area contributed by atoms with Gasteiger partial charge in [-0.15, -0.1) is 0 Å². The minimum atomic E-state index is 0.365. The second-order valence-corrected chi connectivity index (χ2v) is 3.88. The first kappa shape index (κ1) is 9.41. The summed E-state index contributed by atoms with van der Waals surface area (Å²) in [5.74, 6) is 0.365. The molecule has 1 aromatic carbocycles. The van der Waals surface area contributed by atoms with E-state index < -0.39 is 0 Å². The summed E-state index contributed by atoms with van der Waals surface area (Å²) in [5.41, 5.74) is 9.26. The number of carbonyl (C=O) groups is 1. The third-order valence-electron chi connectivity index (χ3n) is 2.80. The monoisotopic (exact) mass is 189 g/mol. The van der Waals surface area contributed by atoms with Crippen LogP contribution in [0.3, 0.4) is 0 Å². The molecule has 14 heavy (non-hydrogen) atoms. The Bertz CT molecular complexity index is 357. The lowest BCUT2D eigenvalue weighted by Crippen LogP contribution is -2.02. The van der Waals surface area contributed by atoms with Crippen molar-refractivity contribution in [3.63, 3.8) is 0 Å². The van der Waals surface area contributed by atoms with E-state index >= 15 is 0 Å². The minimum Gasteiger partial charge on any atom is -0.326 e. The van der Waals surface area contributed by atoms with Crippen LogP contribution >= 0.6 is 0 Å². The third-order valence-corrected chi connectivity index (χ3v) is 2.80. The van der Waals surface area contributed by atoms with Crippen LogP contribution in [0.1, 0.15) is 29.5 Å². The normalized spacial score (nSPS) is 16.2. The van der Waals surface area contributed by atoms with Gasteiger partial charge in [-0.3, -0.25) is 4.79 Å². The molecule has 0 aromatic heterocycles. The van der Waals surface area contributed by atoms with Gasteiger partial charge in [0.05, 0.1) is 0 Å². The molecular weight excluding hydrogens is 174 g/mol. The van der Waals surface area contributed by atoms with Gasteiger partial charge < -0.3 is 5.73 Å². The molecule has 0 saturated carbocycles. The van der Waals surface area contributed by atoms with Gasteiger partial charge in [-0.05, 0) is 29.5 Å². The average molecular weight is 189 g/mol. The molecule has 0 fully saturated rings. The Labute approximate surface area is 84.1 Å². The Morgan fingerprint density at radius 1 is 1.21 bits per heavy atom. The van der Waals surface area contributed by atoms with E-state index in [0.29, 0.717) is 18.7 Å². The quantitative estimate of drug-likeness (QED) is 0.682. The van der Waals surface area contributed by atoms with Gasteiger partial charge in [0.25, 0.3) is 0 Å².